The molecule has 2 aliphatic heterocycles. The van der Waals surface area contributed by atoms with Crippen LogP contribution < -0.4 is 10.1 Å². The molecule has 0 saturated carbocycles. The van der Waals surface area contributed by atoms with Gasteiger partial charge in [-0.25, -0.2) is 13.5 Å². The number of carbonyl (C=O) groups is 1. The fourth-order valence-electron chi connectivity index (χ4n) is 4.94. The van der Waals surface area contributed by atoms with Gasteiger partial charge < -0.3 is 15.0 Å². The summed E-state index contributed by atoms with van der Waals surface area (Å²) in [5.74, 6) is 1.43. The topological polar surface area (TPSA) is 59.4 Å². The van der Waals surface area contributed by atoms with Gasteiger partial charge in [0, 0.05) is 30.8 Å². The predicted molar refractivity (Wildman–Crippen MR) is 120 cm³/mol. The van der Waals surface area contributed by atoms with Crippen LogP contribution >= 0.6 is 0 Å². The monoisotopic (exact) mass is 444 g/mol. The van der Waals surface area contributed by atoms with Crippen molar-refractivity contribution < 1.29 is 18.3 Å². The van der Waals surface area contributed by atoms with Crippen LogP contribution in [-0.2, 0) is 6.42 Å². The van der Waals surface area contributed by atoms with Crippen molar-refractivity contribution in [3.63, 3.8) is 0 Å². The number of rotatable bonds is 6. The molecule has 0 spiro atoms. The van der Waals surface area contributed by atoms with Gasteiger partial charge in [0.1, 0.15) is 17.6 Å². The molecule has 0 bridgehead atoms. The maximum atomic E-state index is 13.8. The van der Waals surface area contributed by atoms with E-state index in [0.29, 0.717) is 43.0 Å². The molecule has 1 aromatic carbocycles. The van der Waals surface area contributed by atoms with E-state index in [1.165, 1.54) is 4.68 Å². The number of piperidine rings is 1. The van der Waals surface area contributed by atoms with Crippen molar-refractivity contribution in [2.24, 2.45) is 5.92 Å². The van der Waals surface area contributed by atoms with Crippen LogP contribution in [0.1, 0.15) is 46.9 Å². The number of fused-ring (bicyclic) bond motifs is 1. The van der Waals surface area contributed by atoms with Crippen molar-refractivity contribution in [2.45, 2.75) is 51.1 Å². The molecule has 1 fully saturated rings. The number of halogens is 2. The zero-order chi connectivity index (χ0) is 22.8. The molecule has 3 heterocycles. The average Bonchev–Trinajstić information content (AvgIpc) is 3.18. The quantitative estimate of drug-likeness (QED) is 0.668. The molecule has 1 unspecified atom stereocenters. The highest BCUT2D eigenvalue weighted by Gasteiger charge is 2.38. The van der Waals surface area contributed by atoms with E-state index in [1.54, 1.807) is 26.2 Å². The molecule has 2 aromatic rings. The molecule has 3 atom stereocenters. The summed E-state index contributed by atoms with van der Waals surface area (Å²) in [6.07, 6.45) is 1.95. The third-order valence-corrected chi connectivity index (χ3v) is 6.50. The fourth-order valence-corrected chi connectivity index (χ4v) is 4.94. The number of anilines is 1. The Labute approximate surface area is 187 Å². The highest BCUT2D eigenvalue weighted by Crippen LogP contribution is 2.36. The Hall–Kier alpha value is -2.90. The van der Waals surface area contributed by atoms with Crippen molar-refractivity contribution in [3.8, 4) is 5.75 Å². The number of ether oxygens (including phenoxy) is 1. The van der Waals surface area contributed by atoms with Crippen molar-refractivity contribution in [1.82, 2.24) is 14.7 Å². The second-order valence-electron chi connectivity index (χ2n) is 8.68. The number of alkyl halides is 2. The van der Waals surface area contributed by atoms with Gasteiger partial charge in [-0.05, 0) is 62.3 Å². The van der Waals surface area contributed by atoms with Crippen LogP contribution in [0.5, 0.6) is 5.75 Å². The largest absolute Gasteiger partial charge is 0.496 e. The van der Waals surface area contributed by atoms with Gasteiger partial charge in [-0.15, -0.1) is 6.58 Å². The number of aromatic nitrogens is 2. The van der Waals surface area contributed by atoms with Crippen LogP contribution in [0.3, 0.4) is 0 Å². The van der Waals surface area contributed by atoms with E-state index < -0.39 is 12.5 Å². The minimum Gasteiger partial charge on any atom is -0.496 e. The first kappa shape index (κ1) is 22.3. The Kier molecular flexibility index (Phi) is 6.48. The number of methoxy groups -OCH3 is 1. The zero-order valence-electron chi connectivity index (χ0n) is 18.6. The molecular formula is C24H30F2N4O2. The molecule has 0 aliphatic carbocycles. The number of amides is 1. The Morgan fingerprint density at radius 3 is 2.94 bits per heavy atom. The Morgan fingerprint density at radius 1 is 1.41 bits per heavy atom. The lowest BCUT2D eigenvalue weighted by molar-refractivity contribution is 0.0505. The first-order valence-electron chi connectivity index (χ1n) is 11.1. The number of hydrogen-bond acceptors (Lipinski definition) is 4. The van der Waals surface area contributed by atoms with Crippen molar-refractivity contribution in [1.29, 1.82) is 0 Å². The molecule has 1 aromatic heterocycles. The molecule has 1 amide bonds. The van der Waals surface area contributed by atoms with Crippen molar-refractivity contribution in [2.75, 3.05) is 25.5 Å². The molecule has 1 N–H and O–H groups in total. The van der Waals surface area contributed by atoms with Crippen LogP contribution in [0.4, 0.5) is 14.6 Å². The van der Waals surface area contributed by atoms with E-state index in [-0.39, 0.29) is 17.9 Å². The number of aryl methyl sites for hydroxylation is 1. The molecule has 172 valence electrons. The second kappa shape index (κ2) is 9.30. The van der Waals surface area contributed by atoms with Gasteiger partial charge >= 0.3 is 0 Å². The van der Waals surface area contributed by atoms with E-state index >= 15 is 0 Å². The number of nitrogens with one attached hydrogen (secondary N) is 1. The first-order chi connectivity index (χ1) is 15.4. The number of carbonyl (C=O) groups excluding carboxylic acids is 1. The number of benzene rings is 1. The lowest BCUT2D eigenvalue weighted by Gasteiger charge is -2.41. The normalized spacial score (nSPS) is 22.9. The van der Waals surface area contributed by atoms with Gasteiger partial charge in [-0.2, -0.15) is 5.10 Å². The summed E-state index contributed by atoms with van der Waals surface area (Å²) in [6.45, 7) is 6.79. The van der Waals surface area contributed by atoms with Crippen LogP contribution in [0, 0.1) is 12.8 Å². The maximum Gasteiger partial charge on any atom is 0.260 e. The fraction of sp³-hybridized carbons (Fsp3) is 0.500. The highest BCUT2D eigenvalue weighted by atomic mass is 19.3. The van der Waals surface area contributed by atoms with Crippen LogP contribution in [0.25, 0.3) is 0 Å². The standard InChI is InChI=1S/C24H30F2N4O2/c1-4-6-16-12-17(8-9-21(16)32-3)24(31)29-10-5-7-18(14-29)19-13-20(23(25)26)30-22(27-19)11-15(2)28-30/h4,8-9,11-12,18-20,23,27H,1,5-7,10,13-14H2,2-3H3/t18?,19-,20+/m0/s1. The van der Waals surface area contributed by atoms with Crippen molar-refractivity contribution in [3.05, 3.63) is 53.7 Å². The van der Waals surface area contributed by atoms with E-state index in [0.717, 1.165) is 24.2 Å². The van der Waals surface area contributed by atoms with Gasteiger partial charge in [-0.3, -0.25) is 4.79 Å². The minimum absolute atomic E-state index is 0.0372. The lowest BCUT2D eigenvalue weighted by atomic mass is 9.85. The zero-order valence-corrected chi connectivity index (χ0v) is 18.6. The summed E-state index contributed by atoms with van der Waals surface area (Å²) in [6, 6.07) is 6.20. The summed E-state index contributed by atoms with van der Waals surface area (Å²) in [7, 11) is 1.61. The molecule has 2 aliphatic rings. The first-order valence-corrected chi connectivity index (χ1v) is 11.1. The predicted octanol–water partition coefficient (Wildman–Crippen LogP) is 4.47. The summed E-state index contributed by atoms with van der Waals surface area (Å²) < 4.78 is 34.3. The van der Waals surface area contributed by atoms with Gasteiger partial charge in [0.2, 0.25) is 0 Å². The Balaban J connectivity index is 1.51. The second-order valence-corrected chi connectivity index (χ2v) is 8.68. The van der Waals surface area contributed by atoms with Crippen LogP contribution in [0.15, 0.2) is 36.9 Å². The van der Waals surface area contributed by atoms with E-state index in [1.807, 2.05) is 23.1 Å². The highest BCUT2D eigenvalue weighted by molar-refractivity contribution is 5.94. The summed E-state index contributed by atoms with van der Waals surface area (Å²) >= 11 is 0. The third-order valence-electron chi connectivity index (χ3n) is 6.50. The number of allylic oxidation sites excluding steroid dienone is 1. The van der Waals surface area contributed by atoms with Crippen LogP contribution in [-0.4, -0.2) is 53.3 Å². The molecular weight excluding hydrogens is 414 g/mol. The van der Waals surface area contributed by atoms with E-state index in [4.69, 9.17) is 4.74 Å². The maximum absolute atomic E-state index is 13.8. The summed E-state index contributed by atoms with van der Waals surface area (Å²) in [4.78, 5) is 15.1. The molecule has 0 radical (unpaired) electrons. The Bertz CT molecular complexity index is 990. The molecule has 1 saturated heterocycles. The molecule has 32 heavy (non-hydrogen) atoms. The average molecular weight is 445 g/mol. The Morgan fingerprint density at radius 2 is 2.22 bits per heavy atom. The molecule has 6 nitrogen and oxygen atoms in total. The van der Waals surface area contributed by atoms with E-state index in [2.05, 4.69) is 17.0 Å². The smallest absolute Gasteiger partial charge is 0.260 e. The van der Waals surface area contributed by atoms with Gasteiger partial charge in [0.15, 0.2) is 0 Å². The van der Waals surface area contributed by atoms with Crippen LogP contribution in [0.2, 0.25) is 0 Å². The summed E-state index contributed by atoms with van der Waals surface area (Å²) in [5, 5.41) is 7.66. The molecule has 8 heteroatoms. The van der Waals surface area contributed by atoms with Gasteiger partial charge in [0.25, 0.3) is 12.3 Å². The lowest BCUT2D eigenvalue weighted by Crippen LogP contribution is -2.48. The van der Waals surface area contributed by atoms with Crippen molar-refractivity contribution >= 4 is 11.7 Å². The summed E-state index contributed by atoms with van der Waals surface area (Å²) in [5.41, 5.74) is 2.24. The SMILES string of the molecule is C=CCc1cc(C(=O)N2CCCC([C@@H]3C[C@H](C(F)F)n4nc(C)cc4N3)C2)ccc1OC. The number of nitrogens with zero attached hydrogens (tertiary/aromatic N) is 3. The van der Waals surface area contributed by atoms with E-state index in [9.17, 15) is 13.6 Å². The molecule has 4 rings (SSSR count). The third kappa shape index (κ3) is 4.36. The number of hydrogen-bond donors (Lipinski definition) is 1. The van der Waals surface area contributed by atoms with Gasteiger partial charge in [0.05, 0.1) is 12.8 Å². The number of likely N-dealkylation sites (tertiary alicyclic amines) is 1. The minimum atomic E-state index is -2.48. The van der Waals surface area contributed by atoms with Gasteiger partial charge in [-0.1, -0.05) is 6.08 Å².